The first kappa shape index (κ1) is 15.7. The first-order chi connectivity index (χ1) is 11.1. The van der Waals surface area contributed by atoms with E-state index in [0.29, 0.717) is 31.3 Å². The zero-order chi connectivity index (χ0) is 16.3. The van der Waals surface area contributed by atoms with Gasteiger partial charge in [0.1, 0.15) is 5.69 Å². The molecular formula is C15H21N5O3. The molecule has 0 aromatic carbocycles. The Kier molecular flexibility index (Phi) is 4.42. The van der Waals surface area contributed by atoms with Crippen molar-refractivity contribution in [3.63, 3.8) is 0 Å². The van der Waals surface area contributed by atoms with Crippen molar-refractivity contribution in [3.8, 4) is 0 Å². The van der Waals surface area contributed by atoms with Crippen LogP contribution in [0.2, 0.25) is 0 Å². The molecule has 0 atom stereocenters. The molecule has 1 fully saturated rings. The zero-order valence-electron chi connectivity index (χ0n) is 13.4. The number of likely N-dealkylation sites (tertiary alicyclic amines) is 1. The van der Waals surface area contributed by atoms with E-state index < -0.39 is 0 Å². The van der Waals surface area contributed by atoms with Gasteiger partial charge >= 0.3 is 0 Å². The SMILES string of the molecule is COCCC1(c2noc(C)n2)CCN(C(=O)c2ccn[nH]2)CC1. The largest absolute Gasteiger partial charge is 0.385 e. The summed E-state index contributed by atoms with van der Waals surface area (Å²) in [5, 5.41) is 10.7. The maximum atomic E-state index is 12.4. The summed E-state index contributed by atoms with van der Waals surface area (Å²) in [4.78, 5) is 18.7. The van der Waals surface area contributed by atoms with Gasteiger partial charge < -0.3 is 14.2 Å². The van der Waals surface area contributed by atoms with Gasteiger partial charge in [0.2, 0.25) is 5.89 Å². The van der Waals surface area contributed by atoms with Gasteiger partial charge in [-0.05, 0) is 25.3 Å². The number of aromatic nitrogens is 4. The van der Waals surface area contributed by atoms with E-state index in [-0.39, 0.29) is 11.3 Å². The van der Waals surface area contributed by atoms with Crippen molar-refractivity contribution in [1.29, 1.82) is 0 Å². The normalized spacial score (nSPS) is 17.4. The first-order valence-corrected chi connectivity index (χ1v) is 7.73. The number of nitrogens with one attached hydrogen (secondary N) is 1. The van der Waals surface area contributed by atoms with Crippen LogP contribution in [0, 0.1) is 6.92 Å². The summed E-state index contributed by atoms with van der Waals surface area (Å²) in [6.07, 6.45) is 3.97. The number of carbonyl (C=O) groups is 1. The molecule has 8 heteroatoms. The highest BCUT2D eigenvalue weighted by Gasteiger charge is 2.41. The molecule has 124 valence electrons. The quantitative estimate of drug-likeness (QED) is 0.892. The van der Waals surface area contributed by atoms with Crippen molar-refractivity contribution in [2.24, 2.45) is 0 Å². The number of methoxy groups -OCH3 is 1. The number of rotatable bonds is 5. The van der Waals surface area contributed by atoms with Crippen LogP contribution in [0.15, 0.2) is 16.8 Å². The lowest BCUT2D eigenvalue weighted by atomic mass is 9.75. The van der Waals surface area contributed by atoms with E-state index in [1.807, 2.05) is 4.90 Å². The third kappa shape index (κ3) is 3.12. The van der Waals surface area contributed by atoms with E-state index in [0.717, 1.165) is 25.1 Å². The van der Waals surface area contributed by atoms with Gasteiger partial charge in [-0.15, -0.1) is 0 Å². The van der Waals surface area contributed by atoms with Crippen molar-refractivity contribution >= 4 is 5.91 Å². The maximum absolute atomic E-state index is 12.4. The topological polar surface area (TPSA) is 97.1 Å². The van der Waals surface area contributed by atoms with Crippen LogP contribution in [0.4, 0.5) is 0 Å². The molecule has 1 amide bonds. The number of aryl methyl sites for hydroxylation is 1. The average Bonchev–Trinajstić information content (AvgIpc) is 3.24. The van der Waals surface area contributed by atoms with Crippen LogP contribution in [-0.4, -0.2) is 58.0 Å². The monoisotopic (exact) mass is 319 g/mol. The highest BCUT2D eigenvalue weighted by molar-refractivity contribution is 5.92. The molecule has 3 rings (SSSR count). The minimum Gasteiger partial charge on any atom is -0.385 e. The lowest BCUT2D eigenvalue weighted by Gasteiger charge is -2.39. The Balaban J connectivity index is 1.73. The number of ether oxygens (including phenoxy) is 1. The number of aromatic amines is 1. The van der Waals surface area contributed by atoms with Gasteiger partial charge in [-0.2, -0.15) is 10.1 Å². The lowest BCUT2D eigenvalue weighted by Crippen LogP contribution is -2.46. The summed E-state index contributed by atoms with van der Waals surface area (Å²) in [6, 6.07) is 1.69. The Bertz CT molecular complexity index is 644. The minimum absolute atomic E-state index is 0.0212. The number of H-pyrrole nitrogens is 1. The van der Waals surface area contributed by atoms with Gasteiger partial charge in [0, 0.05) is 45.3 Å². The maximum Gasteiger partial charge on any atom is 0.271 e. The molecule has 2 aromatic heterocycles. The third-order valence-electron chi connectivity index (χ3n) is 4.53. The molecule has 8 nitrogen and oxygen atoms in total. The van der Waals surface area contributed by atoms with Crippen molar-refractivity contribution in [2.75, 3.05) is 26.8 Å². The molecule has 0 aliphatic carbocycles. The Labute approximate surface area is 134 Å². The van der Waals surface area contributed by atoms with Crippen LogP contribution in [0.1, 0.15) is 41.5 Å². The average molecular weight is 319 g/mol. The smallest absolute Gasteiger partial charge is 0.271 e. The minimum atomic E-state index is -0.196. The second-order valence-corrected chi connectivity index (χ2v) is 5.92. The molecule has 0 bridgehead atoms. The van der Waals surface area contributed by atoms with Crippen LogP contribution in [-0.2, 0) is 10.2 Å². The molecule has 1 aliphatic rings. The Hall–Kier alpha value is -2.22. The number of amides is 1. The van der Waals surface area contributed by atoms with Crippen LogP contribution < -0.4 is 0 Å². The number of hydrogen-bond donors (Lipinski definition) is 1. The number of piperidine rings is 1. The van der Waals surface area contributed by atoms with Crippen molar-refractivity contribution < 1.29 is 14.1 Å². The van der Waals surface area contributed by atoms with E-state index in [4.69, 9.17) is 9.26 Å². The van der Waals surface area contributed by atoms with E-state index in [1.165, 1.54) is 0 Å². The standard InChI is InChI=1S/C15H21N5O3/c1-11-17-14(19-23-11)15(6-10-22-2)4-8-20(9-5-15)13(21)12-3-7-16-18-12/h3,7H,4-6,8-10H2,1-2H3,(H,16,18). The molecule has 1 aliphatic heterocycles. The van der Waals surface area contributed by atoms with Crippen molar-refractivity contribution in [1.82, 2.24) is 25.2 Å². The fourth-order valence-corrected chi connectivity index (χ4v) is 3.08. The van der Waals surface area contributed by atoms with Crippen LogP contribution >= 0.6 is 0 Å². The summed E-state index contributed by atoms with van der Waals surface area (Å²) in [5.41, 5.74) is 0.322. The van der Waals surface area contributed by atoms with Crippen molar-refractivity contribution in [2.45, 2.75) is 31.6 Å². The van der Waals surface area contributed by atoms with Gasteiger partial charge in [-0.3, -0.25) is 9.89 Å². The molecule has 2 aromatic rings. The molecule has 0 unspecified atom stereocenters. The van der Waals surface area contributed by atoms with E-state index in [2.05, 4.69) is 20.3 Å². The molecule has 3 heterocycles. The van der Waals surface area contributed by atoms with Crippen LogP contribution in [0.3, 0.4) is 0 Å². The Morgan fingerprint density at radius 1 is 1.48 bits per heavy atom. The molecule has 1 N–H and O–H groups in total. The van der Waals surface area contributed by atoms with Gasteiger partial charge in [0.25, 0.3) is 5.91 Å². The molecule has 23 heavy (non-hydrogen) atoms. The molecule has 0 spiro atoms. The zero-order valence-corrected chi connectivity index (χ0v) is 13.4. The van der Waals surface area contributed by atoms with Gasteiger partial charge in [0.15, 0.2) is 5.82 Å². The molecule has 1 saturated heterocycles. The van der Waals surface area contributed by atoms with E-state index >= 15 is 0 Å². The number of carbonyl (C=O) groups excluding carboxylic acids is 1. The highest BCUT2D eigenvalue weighted by atomic mass is 16.5. The first-order valence-electron chi connectivity index (χ1n) is 7.73. The lowest BCUT2D eigenvalue weighted by molar-refractivity contribution is 0.0610. The van der Waals surface area contributed by atoms with Gasteiger partial charge in [-0.25, -0.2) is 0 Å². The molecule has 0 radical (unpaired) electrons. The van der Waals surface area contributed by atoms with Crippen LogP contribution in [0.5, 0.6) is 0 Å². The Morgan fingerprint density at radius 3 is 2.83 bits per heavy atom. The third-order valence-corrected chi connectivity index (χ3v) is 4.53. The van der Waals surface area contributed by atoms with Gasteiger partial charge in [-0.1, -0.05) is 5.16 Å². The summed E-state index contributed by atoms with van der Waals surface area (Å²) >= 11 is 0. The summed E-state index contributed by atoms with van der Waals surface area (Å²) in [5.74, 6) is 1.26. The van der Waals surface area contributed by atoms with Gasteiger partial charge in [0.05, 0.1) is 0 Å². The van der Waals surface area contributed by atoms with Crippen LogP contribution in [0.25, 0.3) is 0 Å². The molecule has 0 saturated carbocycles. The summed E-state index contributed by atoms with van der Waals surface area (Å²) in [6.45, 7) is 3.71. The van der Waals surface area contributed by atoms with Crippen molar-refractivity contribution in [3.05, 3.63) is 29.7 Å². The Morgan fingerprint density at radius 2 is 2.26 bits per heavy atom. The van der Waals surface area contributed by atoms with E-state index in [1.54, 1.807) is 26.3 Å². The fourth-order valence-electron chi connectivity index (χ4n) is 3.08. The number of hydrogen-bond acceptors (Lipinski definition) is 6. The van der Waals surface area contributed by atoms with E-state index in [9.17, 15) is 4.79 Å². The second-order valence-electron chi connectivity index (χ2n) is 5.92. The predicted molar refractivity (Wildman–Crippen MR) is 80.9 cm³/mol. The fraction of sp³-hybridized carbons (Fsp3) is 0.600. The highest BCUT2D eigenvalue weighted by Crippen LogP contribution is 2.37. The predicted octanol–water partition coefficient (Wildman–Crippen LogP) is 1.31. The number of nitrogens with zero attached hydrogens (tertiary/aromatic N) is 4. The molecular weight excluding hydrogens is 298 g/mol. The second kappa shape index (κ2) is 6.49. The summed E-state index contributed by atoms with van der Waals surface area (Å²) in [7, 11) is 1.69. The summed E-state index contributed by atoms with van der Waals surface area (Å²) < 4.78 is 10.4.